The molecule has 0 aromatic heterocycles. The summed E-state index contributed by atoms with van der Waals surface area (Å²) in [7, 11) is 6.00. The van der Waals surface area contributed by atoms with E-state index in [0.29, 0.717) is 17.6 Å². The molecule has 0 amide bonds. The van der Waals surface area contributed by atoms with Crippen LogP contribution in [0.15, 0.2) is 0 Å². The van der Waals surface area contributed by atoms with Crippen molar-refractivity contribution in [3.8, 4) is 0 Å². The average Bonchev–Trinajstić information content (AvgIpc) is 2.25. The van der Waals surface area contributed by atoms with Crippen molar-refractivity contribution >= 4 is 17.9 Å². The molecule has 0 aromatic rings. The summed E-state index contributed by atoms with van der Waals surface area (Å²) in [4.78, 5) is 29.9. The fourth-order valence-corrected chi connectivity index (χ4v) is 1.48. The standard InChI is InChI=1S/C9H19NO3.C4H7NO4.K/c1-5-13-8(6-9(11)12)7-10(2,3)4;5-2(4(8)9)1-3(6)7;/h8H,5-7H2,1-4H3;2H,1,5H2,(H,6,7)(H,8,9);/q;;+1/p-1/t;2-;/m.0./s1. The minimum atomic E-state index is -1.54. The molecule has 3 N–H and O–H groups in total. The number of hydrogen-bond acceptors (Lipinski definition) is 7. The topological polar surface area (TPSA) is 153 Å². The van der Waals surface area contributed by atoms with Crippen LogP contribution in [0.1, 0.15) is 19.8 Å². The minimum absolute atomic E-state index is 0. The van der Waals surface area contributed by atoms with Crippen molar-refractivity contribution in [1.29, 1.82) is 0 Å². The molecule has 2 atom stereocenters. The van der Waals surface area contributed by atoms with E-state index in [-0.39, 0.29) is 63.9 Å². The van der Waals surface area contributed by atoms with Crippen LogP contribution < -0.4 is 67.3 Å². The summed E-state index contributed by atoms with van der Waals surface area (Å²) in [6, 6.07) is -1.40. The van der Waals surface area contributed by atoms with Gasteiger partial charge in [-0.2, -0.15) is 0 Å². The predicted molar refractivity (Wildman–Crippen MR) is 73.2 cm³/mol. The van der Waals surface area contributed by atoms with Gasteiger partial charge in [0, 0.05) is 19.0 Å². The smallest absolute Gasteiger partial charge is 0.550 e. The Hall–Kier alpha value is -0.0736. The molecular weight excluding hydrogens is 335 g/mol. The Balaban J connectivity index is -0.000000354. The Kier molecular flexibility index (Phi) is 17.2. The Bertz CT molecular complexity index is 372. The molecular formula is C13H25KN2O7. The molecule has 10 heteroatoms. The van der Waals surface area contributed by atoms with E-state index in [1.807, 2.05) is 28.1 Å². The molecule has 0 heterocycles. The third-order valence-electron chi connectivity index (χ3n) is 2.25. The second-order valence-electron chi connectivity index (χ2n) is 5.65. The molecule has 0 saturated carbocycles. The summed E-state index contributed by atoms with van der Waals surface area (Å²) in [6.45, 7) is 3.08. The van der Waals surface area contributed by atoms with E-state index in [9.17, 15) is 24.6 Å². The van der Waals surface area contributed by atoms with E-state index < -0.39 is 30.4 Å². The van der Waals surface area contributed by atoms with Crippen LogP contribution in [0.5, 0.6) is 0 Å². The van der Waals surface area contributed by atoms with Gasteiger partial charge < -0.3 is 39.9 Å². The maximum absolute atomic E-state index is 10.4. The number of carbonyl (C=O) groups is 3. The summed E-state index contributed by atoms with van der Waals surface area (Å²) in [6.07, 6.45) is -0.860. The van der Waals surface area contributed by atoms with Crippen LogP contribution in [0.25, 0.3) is 0 Å². The summed E-state index contributed by atoms with van der Waals surface area (Å²) in [5, 5.41) is 28.1. The Morgan fingerprint density at radius 3 is 1.87 bits per heavy atom. The van der Waals surface area contributed by atoms with E-state index in [0.717, 1.165) is 0 Å². The quantitative estimate of drug-likeness (QED) is 0.304. The van der Waals surface area contributed by atoms with Gasteiger partial charge in [-0.1, -0.05) is 0 Å². The first-order valence-electron chi connectivity index (χ1n) is 6.69. The zero-order valence-electron chi connectivity index (χ0n) is 14.4. The first-order valence-corrected chi connectivity index (χ1v) is 6.69. The minimum Gasteiger partial charge on any atom is -0.550 e. The number of quaternary nitrogens is 1. The van der Waals surface area contributed by atoms with Gasteiger partial charge in [-0.15, -0.1) is 0 Å². The van der Waals surface area contributed by atoms with Gasteiger partial charge in [-0.05, 0) is 6.92 Å². The number of aliphatic carboxylic acids is 3. The average molecular weight is 360 g/mol. The molecule has 0 saturated heterocycles. The van der Waals surface area contributed by atoms with Crippen molar-refractivity contribution in [2.75, 3.05) is 34.3 Å². The Labute approximate surface area is 178 Å². The van der Waals surface area contributed by atoms with Crippen molar-refractivity contribution < 1.29 is 90.3 Å². The van der Waals surface area contributed by atoms with Crippen LogP contribution in [0.4, 0.5) is 0 Å². The SMILES string of the molecule is CCOC(CC(=O)[O-])C[N+](C)(C)C.N[C@@H](CC(=O)O)C(=O)[O-].[K+]. The molecule has 23 heavy (non-hydrogen) atoms. The molecule has 9 nitrogen and oxygen atoms in total. The fourth-order valence-electron chi connectivity index (χ4n) is 1.48. The Morgan fingerprint density at radius 2 is 1.65 bits per heavy atom. The molecule has 0 rings (SSSR count). The number of ether oxygens (including phenoxy) is 1. The molecule has 1 unspecified atom stereocenters. The van der Waals surface area contributed by atoms with Crippen LogP contribution in [-0.2, 0) is 19.1 Å². The van der Waals surface area contributed by atoms with Gasteiger partial charge in [0.2, 0.25) is 0 Å². The van der Waals surface area contributed by atoms with Gasteiger partial charge in [-0.3, -0.25) is 4.79 Å². The van der Waals surface area contributed by atoms with Crippen LogP contribution in [0.2, 0.25) is 0 Å². The zero-order chi connectivity index (χ0) is 17.9. The summed E-state index contributed by atoms with van der Waals surface area (Å²) in [5.74, 6) is -3.84. The fraction of sp³-hybridized carbons (Fsp3) is 0.769. The van der Waals surface area contributed by atoms with Gasteiger partial charge in [0.05, 0.1) is 39.6 Å². The van der Waals surface area contributed by atoms with E-state index in [1.54, 1.807) is 0 Å². The number of hydrogen-bond donors (Lipinski definition) is 2. The van der Waals surface area contributed by atoms with Gasteiger partial charge in [-0.25, -0.2) is 0 Å². The molecule has 0 aliphatic carbocycles. The Morgan fingerprint density at radius 1 is 1.17 bits per heavy atom. The normalized spacial score (nSPS) is 12.9. The summed E-state index contributed by atoms with van der Waals surface area (Å²) in [5.41, 5.74) is 4.77. The molecule has 0 aliphatic heterocycles. The van der Waals surface area contributed by atoms with Crippen LogP contribution >= 0.6 is 0 Å². The van der Waals surface area contributed by atoms with Crippen molar-refractivity contribution in [1.82, 2.24) is 0 Å². The summed E-state index contributed by atoms with van der Waals surface area (Å²) >= 11 is 0. The molecule has 0 radical (unpaired) electrons. The molecule has 0 bridgehead atoms. The van der Waals surface area contributed by atoms with E-state index in [4.69, 9.17) is 15.6 Å². The third kappa shape index (κ3) is 21.9. The van der Waals surface area contributed by atoms with Crippen LogP contribution in [-0.4, -0.2) is 73.9 Å². The zero-order valence-corrected chi connectivity index (χ0v) is 17.5. The van der Waals surface area contributed by atoms with Crippen molar-refractivity contribution in [2.45, 2.75) is 31.9 Å². The maximum Gasteiger partial charge on any atom is 1.00 e. The second-order valence-corrected chi connectivity index (χ2v) is 5.65. The number of rotatable bonds is 9. The van der Waals surface area contributed by atoms with Crippen molar-refractivity contribution in [3.05, 3.63) is 0 Å². The van der Waals surface area contributed by atoms with Crippen LogP contribution in [0, 0.1) is 0 Å². The molecule has 0 aliphatic rings. The van der Waals surface area contributed by atoms with Crippen molar-refractivity contribution in [3.63, 3.8) is 0 Å². The van der Waals surface area contributed by atoms with E-state index in [2.05, 4.69) is 0 Å². The van der Waals surface area contributed by atoms with Crippen LogP contribution in [0.3, 0.4) is 0 Å². The van der Waals surface area contributed by atoms with E-state index in [1.165, 1.54) is 0 Å². The number of likely N-dealkylation sites (N-methyl/N-ethyl adjacent to an activating group) is 1. The maximum atomic E-state index is 10.4. The molecule has 0 fully saturated rings. The second kappa shape index (κ2) is 14.3. The first-order chi connectivity index (χ1) is 9.88. The number of nitrogens with zero attached hydrogens (tertiary/aromatic N) is 1. The summed E-state index contributed by atoms with van der Waals surface area (Å²) < 4.78 is 5.98. The predicted octanol–water partition coefficient (Wildman–Crippen LogP) is -6.22. The van der Waals surface area contributed by atoms with Gasteiger partial charge in [0.25, 0.3) is 0 Å². The van der Waals surface area contributed by atoms with Gasteiger partial charge >= 0.3 is 57.4 Å². The largest absolute Gasteiger partial charge is 1.00 e. The molecule has 0 aromatic carbocycles. The number of nitrogens with two attached hydrogens (primary N) is 1. The van der Waals surface area contributed by atoms with Gasteiger partial charge in [0.15, 0.2) is 0 Å². The van der Waals surface area contributed by atoms with E-state index >= 15 is 0 Å². The third-order valence-corrected chi connectivity index (χ3v) is 2.25. The number of carboxylic acids is 3. The molecule has 130 valence electrons. The first kappa shape index (κ1) is 27.8. The monoisotopic (exact) mass is 360 g/mol. The number of carboxylic acid groups (broad SMARTS) is 3. The van der Waals surface area contributed by atoms with Crippen molar-refractivity contribution in [2.24, 2.45) is 5.73 Å². The van der Waals surface area contributed by atoms with Gasteiger partial charge in [0.1, 0.15) is 12.6 Å². The molecule has 0 spiro atoms. The number of carbonyl (C=O) groups excluding carboxylic acids is 2.